The summed E-state index contributed by atoms with van der Waals surface area (Å²) >= 11 is 1.72. The van der Waals surface area contributed by atoms with Gasteiger partial charge >= 0.3 is 0 Å². The van der Waals surface area contributed by atoms with Crippen molar-refractivity contribution in [1.82, 2.24) is 15.2 Å². The zero-order chi connectivity index (χ0) is 18.5. The van der Waals surface area contributed by atoms with E-state index in [2.05, 4.69) is 44.3 Å². The highest BCUT2D eigenvalue weighted by Gasteiger charge is 2.21. The molecule has 2 aromatic rings. The maximum Gasteiger partial charge on any atom is 0.194 e. The first-order chi connectivity index (χ1) is 12.6. The normalized spacial score (nSPS) is 15.0. The van der Waals surface area contributed by atoms with Crippen LogP contribution in [-0.4, -0.2) is 54.2 Å². The third-order valence-corrected chi connectivity index (χ3v) is 5.70. The van der Waals surface area contributed by atoms with Gasteiger partial charge in [-0.25, -0.2) is 4.98 Å². The first-order valence-electron chi connectivity index (χ1n) is 9.01. The summed E-state index contributed by atoms with van der Waals surface area (Å²) in [6.45, 7) is 8.46. The lowest BCUT2D eigenvalue weighted by molar-refractivity contribution is 0.369. The molecule has 0 unspecified atom stereocenters. The van der Waals surface area contributed by atoms with Gasteiger partial charge in [-0.3, -0.25) is 4.99 Å². The van der Waals surface area contributed by atoms with Crippen molar-refractivity contribution < 1.29 is 5.11 Å². The van der Waals surface area contributed by atoms with Crippen molar-refractivity contribution in [2.75, 3.05) is 38.1 Å². The molecule has 1 aromatic carbocycles. The lowest BCUT2D eigenvalue weighted by Crippen LogP contribution is -2.52. The van der Waals surface area contributed by atoms with Crippen molar-refractivity contribution in [3.05, 3.63) is 40.3 Å². The molecule has 0 amide bonds. The number of halogens is 1. The smallest absolute Gasteiger partial charge is 0.194 e. The molecule has 0 aliphatic carbocycles. The Morgan fingerprint density at radius 2 is 1.96 bits per heavy atom. The monoisotopic (exact) mass is 501 g/mol. The largest absolute Gasteiger partial charge is 0.506 e. The number of guanidine groups is 1. The van der Waals surface area contributed by atoms with Crippen molar-refractivity contribution in [3.8, 4) is 5.75 Å². The van der Waals surface area contributed by atoms with Gasteiger partial charge in [0.1, 0.15) is 5.75 Å². The van der Waals surface area contributed by atoms with Crippen LogP contribution in [0.3, 0.4) is 0 Å². The Kier molecular flexibility index (Phi) is 8.15. The molecule has 0 bridgehead atoms. The summed E-state index contributed by atoms with van der Waals surface area (Å²) in [6.07, 6.45) is 0. The zero-order valence-electron chi connectivity index (χ0n) is 16.1. The van der Waals surface area contributed by atoms with Crippen molar-refractivity contribution >= 4 is 47.0 Å². The zero-order valence-corrected chi connectivity index (χ0v) is 19.2. The van der Waals surface area contributed by atoms with Gasteiger partial charge in [0, 0.05) is 44.5 Å². The van der Waals surface area contributed by atoms with E-state index in [-0.39, 0.29) is 24.0 Å². The van der Waals surface area contributed by atoms with Crippen LogP contribution < -0.4 is 10.2 Å². The van der Waals surface area contributed by atoms with Gasteiger partial charge in [-0.15, -0.1) is 35.3 Å². The molecule has 3 rings (SSSR count). The fourth-order valence-electron chi connectivity index (χ4n) is 3.06. The highest BCUT2D eigenvalue weighted by molar-refractivity contribution is 14.0. The molecule has 8 heteroatoms. The summed E-state index contributed by atoms with van der Waals surface area (Å²) in [5, 5.41) is 16.8. The Morgan fingerprint density at radius 3 is 2.56 bits per heavy atom. The Labute approximate surface area is 182 Å². The van der Waals surface area contributed by atoms with Gasteiger partial charge in [-0.05, 0) is 12.1 Å². The van der Waals surface area contributed by atoms with Gasteiger partial charge in [-0.2, -0.15) is 0 Å². The minimum atomic E-state index is 0. The van der Waals surface area contributed by atoms with Crippen LogP contribution in [0.2, 0.25) is 0 Å². The molecule has 1 aliphatic heterocycles. The van der Waals surface area contributed by atoms with E-state index in [1.165, 1.54) is 5.01 Å². The molecule has 0 atom stereocenters. The molecule has 2 N–H and O–H groups in total. The summed E-state index contributed by atoms with van der Waals surface area (Å²) < 4.78 is 0. The van der Waals surface area contributed by atoms with E-state index in [0.29, 0.717) is 18.2 Å². The number of anilines is 1. The molecule has 1 aliphatic rings. The molecule has 0 saturated carbocycles. The second-order valence-corrected chi connectivity index (χ2v) is 7.59. The number of phenolic OH excluding ortho intramolecular Hbond substituents is 1. The van der Waals surface area contributed by atoms with E-state index in [1.807, 2.05) is 25.2 Å². The average Bonchev–Trinajstić information content (AvgIpc) is 3.13. The third-order valence-electron chi connectivity index (χ3n) is 4.50. The SMILES string of the molecule is CN=C(NCc1csc(C(C)C)n1)N1CCN(c2ccccc2O)CC1.I. The van der Waals surface area contributed by atoms with Crippen molar-refractivity contribution in [2.24, 2.45) is 4.99 Å². The van der Waals surface area contributed by atoms with Gasteiger partial charge in [0.05, 0.1) is 22.9 Å². The van der Waals surface area contributed by atoms with E-state index >= 15 is 0 Å². The number of hydrogen-bond donors (Lipinski definition) is 2. The summed E-state index contributed by atoms with van der Waals surface area (Å²) in [5.74, 6) is 1.71. The number of nitrogens with zero attached hydrogens (tertiary/aromatic N) is 4. The number of nitrogens with one attached hydrogen (secondary N) is 1. The summed E-state index contributed by atoms with van der Waals surface area (Å²) in [7, 11) is 1.82. The summed E-state index contributed by atoms with van der Waals surface area (Å²) in [6, 6.07) is 7.51. The molecule has 2 heterocycles. The molecule has 1 fully saturated rings. The van der Waals surface area contributed by atoms with Crippen LogP contribution in [0.5, 0.6) is 5.75 Å². The van der Waals surface area contributed by atoms with Crippen molar-refractivity contribution in [1.29, 1.82) is 0 Å². The fraction of sp³-hybridized carbons (Fsp3) is 0.474. The van der Waals surface area contributed by atoms with E-state index in [0.717, 1.165) is 43.5 Å². The number of thiazole rings is 1. The van der Waals surface area contributed by atoms with E-state index in [4.69, 9.17) is 0 Å². The number of aromatic nitrogens is 1. The Morgan fingerprint density at radius 1 is 1.26 bits per heavy atom. The molecule has 6 nitrogen and oxygen atoms in total. The quantitative estimate of drug-likeness (QED) is 0.382. The summed E-state index contributed by atoms with van der Waals surface area (Å²) in [5.41, 5.74) is 1.96. The molecule has 27 heavy (non-hydrogen) atoms. The number of piperazine rings is 1. The van der Waals surface area contributed by atoms with Gasteiger partial charge in [0.15, 0.2) is 5.96 Å². The van der Waals surface area contributed by atoms with Gasteiger partial charge in [0.2, 0.25) is 0 Å². The van der Waals surface area contributed by atoms with Gasteiger partial charge < -0.3 is 20.2 Å². The maximum atomic E-state index is 10.0. The van der Waals surface area contributed by atoms with Crippen LogP contribution in [0.15, 0.2) is 34.6 Å². The first kappa shape index (κ1) is 21.7. The number of rotatable bonds is 4. The van der Waals surface area contributed by atoms with Crippen LogP contribution in [0.1, 0.15) is 30.5 Å². The number of benzene rings is 1. The Hall–Kier alpha value is -1.55. The van der Waals surface area contributed by atoms with Crippen molar-refractivity contribution in [3.63, 3.8) is 0 Å². The maximum absolute atomic E-state index is 10.0. The first-order valence-corrected chi connectivity index (χ1v) is 9.89. The van der Waals surface area contributed by atoms with Gasteiger partial charge in [0.25, 0.3) is 0 Å². The number of aliphatic imine (C=N–C) groups is 1. The predicted octanol–water partition coefficient (Wildman–Crippen LogP) is 3.49. The average molecular weight is 501 g/mol. The molecule has 148 valence electrons. The lowest BCUT2D eigenvalue weighted by atomic mass is 10.2. The van der Waals surface area contributed by atoms with Crippen LogP contribution in [0.4, 0.5) is 5.69 Å². The number of para-hydroxylation sites is 2. The molecular weight excluding hydrogens is 473 g/mol. The molecular formula is C19H28IN5OS. The number of hydrogen-bond acceptors (Lipinski definition) is 5. The second-order valence-electron chi connectivity index (χ2n) is 6.70. The van der Waals surface area contributed by atoms with Crippen LogP contribution in [-0.2, 0) is 6.54 Å². The molecule has 0 spiro atoms. The minimum absolute atomic E-state index is 0. The molecule has 1 saturated heterocycles. The van der Waals surface area contributed by atoms with Crippen LogP contribution in [0.25, 0.3) is 0 Å². The number of phenols is 1. The number of aromatic hydroxyl groups is 1. The fourth-order valence-corrected chi connectivity index (χ4v) is 3.90. The third kappa shape index (κ3) is 5.47. The standard InChI is InChI=1S/C19H27N5OS.HI/c1-14(2)18-22-15(13-26-18)12-21-19(20-3)24-10-8-23(9-11-24)16-6-4-5-7-17(16)25;/h4-7,13-14,25H,8-12H2,1-3H3,(H,20,21);1H. The molecule has 1 aromatic heterocycles. The lowest BCUT2D eigenvalue weighted by Gasteiger charge is -2.37. The highest BCUT2D eigenvalue weighted by atomic mass is 127. The Balaban J connectivity index is 0.00000261. The van der Waals surface area contributed by atoms with Crippen LogP contribution >= 0.6 is 35.3 Å². The highest BCUT2D eigenvalue weighted by Crippen LogP contribution is 2.27. The summed E-state index contributed by atoms with van der Waals surface area (Å²) in [4.78, 5) is 13.6. The van der Waals surface area contributed by atoms with E-state index in [9.17, 15) is 5.11 Å². The van der Waals surface area contributed by atoms with Gasteiger partial charge in [-0.1, -0.05) is 26.0 Å². The van der Waals surface area contributed by atoms with Crippen molar-refractivity contribution in [2.45, 2.75) is 26.3 Å². The van der Waals surface area contributed by atoms with E-state index in [1.54, 1.807) is 17.4 Å². The van der Waals surface area contributed by atoms with E-state index < -0.39 is 0 Å². The topological polar surface area (TPSA) is 64.0 Å². The minimum Gasteiger partial charge on any atom is -0.506 e. The second kappa shape index (κ2) is 10.1. The molecule has 0 radical (unpaired) electrons. The Bertz CT molecular complexity index is 756. The predicted molar refractivity (Wildman–Crippen MR) is 124 cm³/mol. The van der Waals surface area contributed by atoms with Crippen LogP contribution in [0, 0.1) is 0 Å².